The summed E-state index contributed by atoms with van der Waals surface area (Å²) >= 11 is 0. The maximum atomic E-state index is 11.5. The van der Waals surface area contributed by atoms with E-state index in [9.17, 15) is 9.90 Å². The molecular formula is C24H32N2O4. The van der Waals surface area contributed by atoms with E-state index in [1.807, 2.05) is 0 Å². The lowest BCUT2D eigenvalue weighted by atomic mass is 10.0. The second kappa shape index (κ2) is 11.2. The molecular weight excluding hydrogens is 380 g/mol. The van der Waals surface area contributed by atoms with Crippen LogP contribution in [0.15, 0.2) is 48.5 Å². The molecule has 1 heterocycles. The first-order valence-corrected chi connectivity index (χ1v) is 10.5. The van der Waals surface area contributed by atoms with Crippen LogP contribution in [0.4, 0.5) is 0 Å². The lowest BCUT2D eigenvalue weighted by Gasteiger charge is -2.31. The van der Waals surface area contributed by atoms with Gasteiger partial charge in [-0.2, -0.15) is 0 Å². The number of aryl methyl sites for hydroxylation is 1. The van der Waals surface area contributed by atoms with Crippen LogP contribution in [0.25, 0.3) is 0 Å². The topological polar surface area (TPSA) is 71.0 Å². The zero-order chi connectivity index (χ0) is 21.3. The Morgan fingerprint density at radius 3 is 2.63 bits per heavy atom. The number of Topliss-reactive ketones (excluding diaryl/α,β-unsaturated/α-hetero) is 1. The number of ether oxygens (including phenoxy) is 2. The number of aliphatic hydroxyl groups is 1. The molecule has 2 aromatic carbocycles. The summed E-state index contributed by atoms with van der Waals surface area (Å²) in [4.78, 5) is 13.9. The predicted octanol–water partition coefficient (Wildman–Crippen LogP) is 2.60. The number of benzene rings is 2. The van der Waals surface area contributed by atoms with Crippen LogP contribution in [0, 0.1) is 6.92 Å². The van der Waals surface area contributed by atoms with Crippen LogP contribution in [0.5, 0.6) is 5.75 Å². The second-order valence-electron chi connectivity index (χ2n) is 7.83. The van der Waals surface area contributed by atoms with Crippen molar-refractivity contribution in [2.45, 2.75) is 26.0 Å². The molecule has 162 valence electrons. The summed E-state index contributed by atoms with van der Waals surface area (Å²) in [7, 11) is 0. The van der Waals surface area contributed by atoms with Gasteiger partial charge in [-0.15, -0.1) is 0 Å². The summed E-state index contributed by atoms with van der Waals surface area (Å²) in [6, 6.07) is 15.7. The fourth-order valence-corrected chi connectivity index (χ4v) is 3.46. The number of morpholine rings is 1. The van der Waals surface area contributed by atoms with E-state index in [4.69, 9.17) is 9.47 Å². The van der Waals surface area contributed by atoms with Crippen molar-refractivity contribution in [1.82, 2.24) is 10.2 Å². The highest BCUT2D eigenvalue weighted by Crippen LogP contribution is 2.17. The number of carbonyl (C=O) groups is 1. The number of nitrogens with zero attached hydrogens (tertiary/aromatic N) is 1. The Kier molecular flexibility index (Phi) is 8.39. The fourth-order valence-electron chi connectivity index (χ4n) is 3.46. The van der Waals surface area contributed by atoms with Crippen molar-refractivity contribution < 1.29 is 19.4 Å². The molecule has 0 bridgehead atoms. The number of aliphatic hydroxyl groups excluding tert-OH is 1. The highest BCUT2D eigenvalue weighted by molar-refractivity contribution is 5.94. The van der Waals surface area contributed by atoms with Gasteiger partial charge < -0.3 is 19.9 Å². The van der Waals surface area contributed by atoms with Gasteiger partial charge in [0.15, 0.2) is 5.78 Å². The van der Waals surface area contributed by atoms with Crippen LogP contribution >= 0.6 is 0 Å². The molecule has 2 atom stereocenters. The number of hydrogen-bond donors (Lipinski definition) is 2. The van der Waals surface area contributed by atoms with Gasteiger partial charge >= 0.3 is 0 Å². The summed E-state index contributed by atoms with van der Waals surface area (Å²) in [6.45, 7) is 8.40. The molecule has 0 spiro atoms. The molecule has 2 N–H and O–H groups in total. The Morgan fingerprint density at radius 1 is 1.20 bits per heavy atom. The molecule has 2 unspecified atom stereocenters. The van der Waals surface area contributed by atoms with Gasteiger partial charge in [0.05, 0.1) is 13.2 Å². The van der Waals surface area contributed by atoms with Crippen LogP contribution in [-0.4, -0.2) is 67.9 Å². The molecule has 0 saturated carbocycles. The van der Waals surface area contributed by atoms with Crippen LogP contribution in [0.3, 0.4) is 0 Å². The maximum Gasteiger partial charge on any atom is 0.159 e. The molecule has 1 aliphatic rings. The normalized spacial score (nSPS) is 16.8. The Hall–Kier alpha value is -2.25. The van der Waals surface area contributed by atoms with Gasteiger partial charge in [-0.05, 0) is 31.5 Å². The number of carbonyl (C=O) groups excluding carboxylic acids is 1. The van der Waals surface area contributed by atoms with Crippen LogP contribution in [0.2, 0.25) is 0 Å². The highest BCUT2D eigenvalue weighted by atomic mass is 16.5. The molecule has 30 heavy (non-hydrogen) atoms. The summed E-state index contributed by atoms with van der Waals surface area (Å²) in [5.41, 5.74) is 3.03. The van der Waals surface area contributed by atoms with E-state index >= 15 is 0 Å². The summed E-state index contributed by atoms with van der Waals surface area (Å²) in [6.07, 6.45) is -0.663. The van der Waals surface area contributed by atoms with Crippen molar-refractivity contribution in [3.05, 3.63) is 65.2 Å². The van der Waals surface area contributed by atoms with Crippen molar-refractivity contribution in [1.29, 1.82) is 0 Å². The molecule has 1 saturated heterocycles. The first-order chi connectivity index (χ1) is 14.5. The lowest BCUT2D eigenvalue weighted by molar-refractivity contribution is 0.0319. The standard InChI is InChI=1S/C24H32N2O4/c1-18-6-8-20(9-7-18)24(16-26-10-12-29-13-11-26)25-15-22(28)17-30-23-5-3-4-21(14-23)19(2)27/h3-9,14,22,24-25,28H,10-13,15-17H2,1-2H3. The van der Waals surface area contributed by atoms with Crippen LogP contribution in [0.1, 0.15) is 34.5 Å². The summed E-state index contributed by atoms with van der Waals surface area (Å²) in [5.74, 6) is 0.580. The van der Waals surface area contributed by atoms with Crippen molar-refractivity contribution in [3.8, 4) is 5.75 Å². The minimum Gasteiger partial charge on any atom is -0.491 e. The minimum atomic E-state index is -0.663. The summed E-state index contributed by atoms with van der Waals surface area (Å²) in [5, 5.41) is 13.9. The van der Waals surface area contributed by atoms with Gasteiger partial charge in [-0.25, -0.2) is 0 Å². The molecule has 0 aromatic heterocycles. The van der Waals surface area contributed by atoms with Crippen molar-refractivity contribution in [3.63, 3.8) is 0 Å². The molecule has 1 aliphatic heterocycles. The first kappa shape index (κ1) is 22.4. The Balaban J connectivity index is 1.55. The van der Waals surface area contributed by atoms with Crippen molar-refractivity contribution >= 4 is 5.78 Å². The van der Waals surface area contributed by atoms with E-state index < -0.39 is 6.10 Å². The van der Waals surface area contributed by atoms with Gasteiger partial charge in [-0.1, -0.05) is 42.0 Å². The molecule has 0 radical (unpaired) electrons. The van der Waals surface area contributed by atoms with E-state index in [1.54, 1.807) is 24.3 Å². The lowest BCUT2D eigenvalue weighted by Crippen LogP contribution is -2.43. The van der Waals surface area contributed by atoms with Crippen molar-refractivity contribution in [2.24, 2.45) is 0 Å². The van der Waals surface area contributed by atoms with Crippen LogP contribution in [-0.2, 0) is 4.74 Å². The third-order valence-corrected chi connectivity index (χ3v) is 5.31. The van der Waals surface area contributed by atoms with Crippen molar-refractivity contribution in [2.75, 3.05) is 46.0 Å². The molecule has 6 nitrogen and oxygen atoms in total. The number of rotatable bonds is 10. The number of nitrogens with one attached hydrogen (secondary N) is 1. The minimum absolute atomic E-state index is 0.00767. The van der Waals surface area contributed by atoms with E-state index in [0.717, 1.165) is 32.8 Å². The zero-order valence-electron chi connectivity index (χ0n) is 17.8. The Labute approximate surface area is 178 Å². The van der Waals surface area contributed by atoms with Gasteiger partial charge in [0.2, 0.25) is 0 Å². The zero-order valence-corrected chi connectivity index (χ0v) is 17.8. The third-order valence-electron chi connectivity index (χ3n) is 5.31. The van der Waals surface area contributed by atoms with Gasteiger partial charge in [0.25, 0.3) is 0 Å². The molecule has 3 rings (SSSR count). The average Bonchev–Trinajstić information content (AvgIpc) is 2.76. The molecule has 0 amide bonds. The fraction of sp³-hybridized carbons (Fsp3) is 0.458. The largest absolute Gasteiger partial charge is 0.491 e. The highest BCUT2D eigenvalue weighted by Gasteiger charge is 2.19. The van der Waals surface area contributed by atoms with E-state index in [0.29, 0.717) is 17.9 Å². The maximum absolute atomic E-state index is 11.5. The number of hydrogen-bond acceptors (Lipinski definition) is 6. The Morgan fingerprint density at radius 2 is 1.93 bits per heavy atom. The van der Waals surface area contributed by atoms with Gasteiger partial charge in [0.1, 0.15) is 18.5 Å². The third kappa shape index (κ3) is 6.92. The van der Waals surface area contributed by atoms with E-state index in [2.05, 4.69) is 41.4 Å². The average molecular weight is 413 g/mol. The molecule has 6 heteroatoms. The smallest absolute Gasteiger partial charge is 0.159 e. The second-order valence-corrected chi connectivity index (χ2v) is 7.83. The molecule has 0 aliphatic carbocycles. The number of ketones is 1. The van der Waals surface area contributed by atoms with E-state index in [1.165, 1.54) is 18.1 Å². The van der Waals surface area contributed by atoms with Gasteiger partial charge in [-0.3, -0.25) is 9.69 Å². The first-order valence-electron chi connectivity index (χ1n) is 10.5. The molecule has 1 fully saturated rings. The van der Waals surface area contributed by atoms with E-state index in [-0.39, 0.29) is 18.4 Å². The van der Waals surface area contributed by atoms with Gasteiger partial charge in [0, 0.05) is 37.8 Å². The SMILES string of the molecule is CC(=O)c1cccc(OCC(O)CNC(CN2CCOCC2)c2ccc(C)cc2)c1. The van der Waals surface area contributed by atoms with Crippen LogP contribution < -0.4 is 10.1 Å². The quantitative estimate of drug-likeness (QED) is 0.585. The summed E-state index contributed by atoms with van der Waals surface area (Å²) < 4.78 is 11.2. The predicted molar refractivity (Wildman–Crippen MR) is 117 cm³/mol. The molecule has 2 aromatic rings. The monoisotopic (exact) mass is 412 g/mol. The Bertz CT molecular complexity index is 803.